The molecule has 0 spiro atoms. The van der Waals surface area contributed by atoms with Gasteiger partial charge in [0.15, 0.2) is 0 Å². The van der Waals surface area contributed by atoms with Crippen molar-refractivity contribution in [1.29, 1.82) is 0 Å². The van der Waals surface area contributed by atoms with Crippen molar-refractivity contribution in [2.45, 2.75) is 12.1 Å². The summed E-state index contributed by atoms with van der Waals surface area (Å²) in [6.45, 7) is 0.173. The van der Waals surface area contributed by atoms with Crippen LogP contribution in [0.25, 0.3) is 0 Å². The number of carbonyl (C=O) groups excluding carboxylic acids is 1. The van der Waals surface area contributed by atoms with Crippen LogP contribution in [-0.2, 0) is 21.7 Å². The molecule has 0 aliphatic carbocycles. The smallest absolute Gasteiger partial charge is 0.320 e. The van der Waals surface area contributed by atoms with Crippen molar-refractivity contribution in [2.75, 3.05) is 6.54 Å². The summed E-state index contributed by atoms with van der Waals surface area (Å²) in [5.74, 6) is -0.176. The van der Waals surface area contributed by atoms with Crippen LogP contribution >= 0.6 is 0 Å². The molecule has 0 bridgehead atoms. The highest BCUT2D eigenvalue weighted by Crippen LogP contribution is 2.36. The molecule has 0 aromatic heterocycles. The third-order valence-corrected chi connectivity index (χ3v) is 5.45. The monoisotopic (exact) mass is 423 g/mol. The van der Waals surface area contributed by atoms with E-state index in [1.165, 1.54) is 0 Å². The number of ether oxygens (including phenoxy) is 1. The van der Waals surface area contributed by atoms with Gasteiger partial charge in [-0.25, -0.2) is 0 Å². The molecule has 0 heterocycles. The predicted molar refractivity (Wildman–Crippen MR) is 125 cm³/mol. The lowest BCUT2D eigenvalue weighted by Gasteiger charge is -2.36. The van der Waals surface area contributed by atoms with Gasteiger partial charge < -0.3 is 9.84 Å². The summed E-state index contributed by atoms with van der Waals surface area (Å²) in [5.41, 5.74) is 3.19. The summed E-state index contributed by atoms with van der Waals surface area (Å²) in [4.78, 5) is 12.7. The van der Waals surface area contributed by atoms with E-state index in [-0.39, 0.29) is 24.9 Å². The van der Waals surface area contributed by atoms with E-state index in [9.17, 15) is 9.90 Å². The van der Waals surface area contributed by atoms with E-state index in [2.05, 4.69) is 41.7 Å². The van der Waals surface area contributed by atoms with Crippen molar-refractivity contribution in [2.24, 2.45) is 0 Å². The molecule has 4 aromatic carbocycles. The lowest BCUT2D eigenvalue weighted by molar-refractivity contribution is -0.144. The average Bonchev–Trinajstić information content (AvgIpc) is 2.86. The lowest BCUT2D eigenvalue weighted by atomic mass is 9.77. The molecule has 0 aliphatic rings. The van der Waals surface area contributed by atoms with Crippen LogP contribution in [-0.4, -0.2) is 17.6 Å². The van der Waals surface area contributed by atoms with E-state index >= 15 is 0 Å². The number of esters is 1. The van der Waals surface area contributed by atoms with Gasteiger partial charge in [-0.15, -0.1) is 0 Å². The number of hydrogen-bond donors (Lipinski definition) is 2. The maximum Gasteiger partial charge on any atom is 0.320 e. The maximum absolute atomic E-state index is 12.7. The number of aromatic hydroxyl groups is 1. The quantitative estimate of drug-likeness (QED) is 0.309. The molecule has 0 unspecified atom stereocenters. The van der Waals surface area contributed by atoms with Crippen LogP contribution in [0.4, 0.5) is 0 Å². The number of nitrogens with one attached hydrogen (secondary N) is 1. The zero-order valence-electron chi connectivity index (χ0n) is 17.6. The van der Waals surface area contributed by atoms with Crippen molar-refractivity contribution in [1.82, 2.24) is 5.32 Å². The Morgan fingerprint density at radius 1 is 0.688 bits per heavy atom. The summed E-state index contributed by atoms with van der Waals surface area (Å²) < 4.78 is 5.49. The van der Waals surface area contributed by atoms with Crippen LogP contribution in [0.1, 0.15) is 22.3 Å². The lowest BCUT2D eigenvalue weighted by Crippen LogP contribution is -2.47. The van der Waals surface area contributed by atoms with Crippen molar-refractivity contribution in [3.05, 3.63) is 138 Å². The first-order valence-corrected chi connectivity index (χ1v) is 10.5. The van der Waals surface area contributed by atoms with Crippen LogP contribution in [0.3, 0.4) is 0 Å². The molecule has 0 saturated heterocycles. The molecule has 0 saturated carbocycles. The molecule has 0 radical (unpaired) electrons. The largest absolute Gasteiger partial charge is 0.508 e. The number of benzene rings is 4. The van der Waals surface area contributed by atoms with E-state index in [0.29, 0.717) is 0 Å². The van der Waals surface area contributed by atoms with Gasteiger partial charge in [-0.1, -0.05) is 103 Å². The fourth-order valence-corrected chi connectivity index (χ4v) is 3.88. The number of hydrogen-bond acceptors (Lipinski definition) is 4. The first kappa shape index (κ1) is 21.3. The van der Waals surface area contributed by atoms with Gasteiger partial charge in [0, 0.05) is 0 Å². The number of carbonyl (C=O) groups is 1. The van der Waals surface area contributed by atoms with Crippen LogP contribution in [0, 0.1) is 0 Å². The molecule has 0 fully saturated rings. The highest BCUT2D eigenvalue weighted by molar-refractivity contribution is 5.72. The SMILES string of the molecule is O=C(CNC(c1ccccc1)(c1ccccc1)c1ccccc1)OCc1ccc(O)cc1. The van der Waals surface area contributed by atoms with Crippen molar-refractivity contribution >= 4 is 5.97 Å². The number of rotatable bonds is 8. The number of phenolic OH excluding ortho intramolecular Hbond substituents is 1. The molecular weight excluding hydrogens is 398 g/mol. The van der Waals surface area contributed by atoms with Gasteiger partial charge in [0.2, 0.25) is 0 Å². The van der Waals surface area contributed by atoms with Crippen LogP contribution in [0.15, 0.2) is 115 Å². The Hall–Kier alpha value is -3.89. The Bertz CT molecular complexity index is 1030. The molecule has 160 valence electrons. The summed E-state index contributed by atoms with van der Waals surface area (Å²) in [5, 5.41) is 12.9. The topological polar surface area (TPSA) is 58.6 Å². The van der Waals surface area contributed by atoms with Gasteiger partial charge >= 0.3 is 5.97 Å². The zero-order chi connectivity index (χ0) is 22.2. The van der Waals surface area contributed by atoms with Crippen molar-refractivity contribution in [3.63, 3.8) is 0 Å². The van der Waals surface area contributed by atoms with Crippen LogP contribution in [0.2, 0.25) is 0 Å². The Morgan fingerprint density at radius 3 is 1.56 bits per heavy atom. The molecule has 4 heteroatoms. The van der Waals surface area contributed by atoms with E-state index in [1.807, 2.05) is 54.6 Å². The van der Waals surface area contributed by atoms with E-state index < -0.39 is 5.54 Å². The van der Waals surface area contributed by atoms with Gasteiger partial charge in [0.1, 0.15) is 12.4 Å². The summed E-state index contributed by atoms with van der Waals surface area (Å²) in [7, 11) is 0. The average molecular weight is 424 g/mol. The predicted octanol–water partition coefficient (Wildman–Crippen LogP) is 5.02. The molecule has 0 atom stereocenters. The molecule has 4 aromatic rings. The van der Waals surface area contributed by atoms with E-state index in [1.54, 1.807) is 24.3 Å². The summed E-state index contributed by atoms with van der Waals surface area (Å²) in [6.07, 6.45) is 0. The maximum atomic E-state index is 12.7. The van der Waals surface area contributed by atoms with E-state index in [4.69, 9.17) is 4.74 Å². The highest BCUT2D eigenvalue weighted by atomic mass is 16.5. The highest BCUT2D eigenvalue weighted by Gasteiger charge is 2.36. The van der Waals surface area contributed by atoms with Gasteiger partial charge in [-0.3, -0.25) is 10.1 Å². The number of phenols is 1. The molecule has 4 nitrogen and oxygen atoms in total. The molecule has 32 heavy (non-hydrogen) atoms. The first-order chi connectivity index (χ1) is 15.7. The summed E-state index contributed by atoms with van der Waals surface area (Å²) in [6, 6.07) is 37.0. The third-order valence-electron chi connectivity index (χ3n) is 5.45. The van der Waals surface area contributed by atoms with Crippen LogP contribution in [0.5, 0.6) is 5.75 Å². The Morgan fingerprint density at radius 2 is 1.12 bits per heavy atom. The minimum atomic E-state index is -0.721. The fourth-order valence-electron chi connectivity index (χ4n) is 3.88. The normalized spacial score (nSPS) is 11.1. The molecule has 2 N–H and O–H groups in total. The third kappa shape index (κ3) is 4.71. The molecule has 0 amide bonds. The Labute approximate surface area is 188 Å². The Balaban J connectivity index is 1.63. The minimum absolute atomic E-state index is 0.0246. The van der Waals surface area contributed by atoms with Crippen molar-refractivity contribution < 1.29 is 14.6 Å². The zero-order valence-corrected chi connectivity index (χ0v) is 17.6. The first-order valence-electron chi connectivity index (χ1n) is 10.5. The van der Waals surface area contributed by atoms with Gasteiger partial charge in [0.05, 0.1) is 12.1 Å². The van der Waals surface area contributed by atoms with Crippen molar-refractivity contribution in [3.8, 4) is 5.75 Å². The second kappa shape index (κ2) is 9.94. The van der Waals surface area contributed by atoms with Gasteiger partial charge in [-0.2, -0.15) is 0 Å². The second-order valence-electron chi connectivity index (χ2n) is 7.53. The fraction of sp³-hybridized carbons (Fsp3) is 0.107. The Kier molecular flexibility index (Phi) is 6.63. The standard InChI is InChI=1S/C28H25NO3/c30-26-18-16-22(17-19-26)21-32-27(31)20-29-28(23-10-4-1-5-11-23,24-12-6-2-7-13-24)25-14-8-3-9-15-25/h1-19,29-30H,20-21H2. The molecular formula is C28H25NO3. The van der Waals surface area contributed by atoms with E-state index in [0.717, 1.165) is 22.3 Å². The second-order valence-corrected chi connectivity index (χ2v) is 7.53. The summed E-state index contributed by atoms with van der Waals surface area (Å²) >= 11 is 0. The molecule has 4 rings (SSSR count). The van der Waals surface area contributed by atoms with Gasteiger partial charge in [0.25, 0.3) is 0 Å². The van der Waals surface area contributed by atoms with Crippen LogP contribution < -0.4 is 5.32 Å². The minimum Gasteiger partial charge on any atom is -0.508 e. The van der Waals surface area contributed by atoms with Gasteiger partial charge in [-0.05, 0) is 34.4 Å². The molecule has 0 aliphatic heterocycles.